The number of carbonyl (C=O) groups excluding carboxylic acids is 1. The van der Waals surface area contributed by atoms with Gasteiger partial charge in [0, 0.05) is 6.08 Å². The molecule has 0 amide bonds. The minimum atomic E-state index is -1.12. The van der Waals surface area contributed by atoms with Crippen LogP contribution in [0.4, 0.5) is 0 Å². The molecule has 0 bridgehead atoms. The number of carbonyl (C=O) groups is 2. The van der Waals surface area contributed by atoms with Crippen LogP contribution in [-0.2, 0) is 14.3 Å². The second-order valence-corrected chi connectivity index (χ2v) is 2.10. The third kappa shape index (κ3) is 1.67. The summed E-state index contributed by atoms with van der Waals surface area (Å²) in [7, 11) is 0. The van der Waals surface area contributed by atoms with E-state index >= 15 is 0 Å². The standard InChI is InChI=1S/C7H6O4/c1-4-2-7(10)11-5(4)3-6(8)9/h2-3H,1H3,(H,8,9)/b5-3+. The minimum Gasteiger partial charge on any atom is -0.478 e. The number of carboxylic acids is 1. The molecule has 0 atom stereocenters. The molecule has 0 saturated heterocycles. The first-order valence-corrected chi connectivity index (χ1v) is 2.94. The molecule has 0 aromatic carbocycles. The lowest BCUT2D eigenvalue weighted by molar-refractivity contribution is -0.132. The summed E-state index contributed by atoms with van der Waals surface area (Å²) in [5.41, 5.74) is 0.539. The van der Waals surface area contributed by atoms with E-state index in [1.54, 1.807) is 6.92 Å². The van der Waals surface area contributed by atoms with Crippen LogP contribution < -0.4 is 0 Å². The van der Waals surface area contributed by atoms with E-state index in [-0.39, 0.29) is 5.76 Å². The third-order valence-corrected chi connectivity index (χ3v) is 1.19. The molecule has 58 valence electrons. The number of hydrogen-bond acceptors (Lipinski definition) is 3. The van der Waals surface area contributed by atoms with Crippen LogP contribution in [-0.4, -0.2) is 17.0 Å². The summed E-state index contributed by atoms with van der Waals surface area (Å²) in [5.74, 6) is -1.53. The number of carboxylic acid groups (broad SMARTS) is 1. The summed E-state index contributed by atoms with van der Waals surface area (Å²) >= 11 is 0. The van der Waals surface area contributed by atoms with Crippen LogP contribution in [0, 0.1) is 0 Å². The van der Waals surface area contributed by atoms with E-state index in [0.717, 1.165) is 6.08 Å². The van der Waals surface area contributed by atoms with E-state index < -0.39 is 11.9 Å². The van der Waals surface area contributed by atoms with Crippen molar-refractivity contribution in [2.24, 2.45) is 0 Å². The number of cyclic esters (lactones) is 1. The molecule has 1 N–H and O–H groups in total. The first-order valence-electron chi connectivity index (χ1n) is 2.94. The quantitative estimate of drug-likeness (QED) is 0.440. The highest BCUT2D eigenvalue weighted by Gasteiger charge is 2.16. The average molecular weight is 154 g/mol. The van der Waals surface area contributed by atoms with Gasteiger partial charge in [-0.1, -0.05) is 0 Å². The molecular formula is C7H6O4. The Hall–Kier alpha value is -1.58. The predicted octanol–water partition coefficient (Wildman–Crippen LogP) is 0.458. The van der Waals surface area contributed by atoms with Gasteiger partial charge in [0.2, 0.25) is 0 Å². The highest BCUT2D eigenvalue weighted by molar-refractivity contribution is 5.90. The molecule has 0 aromatic rings. The van der Waals surface area contributed by atoms with Gasteiger partial charge in [-0.05, 0) is 12.5 Å². The second kappa shape index (κ2) is 2.57. The van der Waals surface area contributed by atoms with Crippen LogP contribution >= 0.6 is 0 Å². The highest BCUT2D eigenvalue weighted by Crippen LogP contribution is 2.17. The number of hydrogen-bond donors (Lipinski definition) is 1. The van der Waals surface area contributed by atoms with Crippen molar-refractivity contribution in [1.29, 1.82) is 0 Å². The van der Waals surface area contributed by atoms with E-state index in [1.807, 2.05) is 0 Å². The fourth-order valence-corrected chi connectivity index (χ4v) is 0.722. The molecule has 0 saturated carbocycles. The van der Waals surface area contributed by atoms with Gasteiger partial charge in [-0.2, -0.15) is 0 Å². The van der Waals surface area contributed by atoms with Gasteiger partial charge in [0.25, 0.3) is 0 Å². The molecule has 1 aliphatic rings. The Balaban J connectivity index is 2.87. The van der Waals surface area contributed by atoms with Crippen molar-refractivity contribution in [2.75, 3.05) is 0 Å². The Morgan fingerprint density at radius 1 is 1.73 bits per heavy atom. The van der Waals surface area contributed by atoms with E-state index in [0.29, 0.717) is 5.57 Å². The number of ether oxygens (including phenoxy) is 1. The molecule has 1 rings (SSSR count). The van der Waals surface area contributed by atoms with Crippen LogP contribution in [0.5, 0.6) is 0 Å². The van der Waals surface area contributed by atoms with Crippen molar-refractivity contribution >= 4 is 11.9 Å². The Morgan fingerprint density at radius 3 is 2.73 bits per heavy atom. The Bertz CT molecular complexity index is 272. The zero-order valence-corrected chi connectivity index (χ0v) is 5.83. The largest absolute Gasteiger partial charge is 0.478 e. The zero-order chi connectivity index (χ0) is 8.43. The maximum atomic E-state index is 10.5. The van der Waals surface area contributed by atoms with E-state index in [4.69, 9.17) is 5.11 Å². The van der Waals surface area contributed by atoms with E-state index in [2.05, 4.69) is 4.74 Å². The van der Waals surface area contributed by atoms with Crippen LogP contribution in [0.1, 0.15) is 6.92 Å². The number of rotatable bonds is 1. The molecule has 0 unspecified atom stereocenters. The molecule has 0 radical (unpaired) electrons. The van der Waals surface area contributed by atoms with Crippen molar-refractivity contribution in [3.63, 3.8) is 0 Å². The van der Waals surface area contributed by atoms with Gasteiger partial charge in [0.15, 0.2) is 0 Å². The van der Waals surface area contributed by atoms with Crippen LogP contribution in [0.3, 0.4) is 0 Å². The summed E-state index contributed by atoms with van der Waals surface area (Å²) in [5, 5.41) is 8.28. The number of allylic oxidation sites excluding steroid dienone is 1. The first-order chi connectivity index (χ1) is 5.09. The molecule has 0 aromatic heterocycles. The van der Waals surface area contributed by atoms with Crippen LogP contribution in [0.2, 0.25) is 0 Å². The molecule has 4 heteroatoms. The average Bonchev–Trinajstić information content (AvgIpc) is 2.09. The Morgan fingerprint density at radius 2 is 2.36 bits per heavy atom. The normalized spacial score (nSPS) is 19.9. The lowest BCUT2D eigenvalue weighted by atomic mass is 10.2. The van der Waals surface area contributed by atoms with Gasteiger partial charge in [-0.25, -0.2) is 9.59 Å². The number of aliphatic carboxylic acids is 1. The Kier molecular flexibility index (Phi) is 1.76. The number of esters is 1. The van der Waals surface area contributed by atoms with Gasteiger partial charge >= 0.3 is 11.9 Å². The van der Waals surface area contributed by atoms with E-state index in [1.165, 1.54) is 6.08 Å². The lowest BCUT2D eigenvalue weighted by Gasteiger charge is -1.94. The molecule has 4 nitrogen and oxygen atoms in total. The van der Waals surface area contributed by atoms with Crippen molar-refractivity contribution in [1.82, 2.24) is 0 Å². The topological polar surface area (TPSA) is 63.6 Å². The summed E-state index contributed by atoms with van der Waals surface area (Å²) in [6.07, 6.45) is 2.10. The van der Waals surface area contributed by atoms with Gasteiger partial charge < -0.3 is 9.84 Å². The van der Waals surface area contributed by atoms with Crippen molar-refractivity contribution in [3.8, 4) is 0 Å². The third-order valence-electron chi connectivity index (χ3n) is 1.19. The molecule has 1 heterocycles. The summed E-state index contributed by atoms with van der Waals surface area (Å²) < 4.78 is 4.53. The minimum absolute atomic E-state index is 0.113. The second-order valence-electron chi connectivity index (χ2n) is 2.10. The molecule has 0 fully saturated rings. The van der Waals surface area contributed by atoms with Crippen LogP contribution in [0.25, 0.3) is 0 Å². The van der Waals surface area contributed by atoms with Gasteiger partial charge in [-0.15, -0.1) is 0 Å². The van der Waals surface area contributed by atoms with E-state index in [9.17, 15) is 9.59 Å². The van der Waals surface area contributed by atoms with Crippen molar-refractivity contribution in [3.05, 3.63) is 23.5 Å². The van der Waals surface area contributed by atoms with Crippen molar-refractivity contribution < 1.29 is 19.4 Å². The van der Waals surface area contributed by atoms with Gasteiger partial charge in [0.1, 0.15) is 5.76 Å². The molecule has 1 aliphatic heterocycles. The zero-order valence-electron chi connectivity index (χ0n) is 5.83. The van der Waals surface area contributed by atoms with Crippen LogP contribution in [0.15, 0.2) is 23.5 Å². The summed E-state index contributed by atoms with van der Waals surface area (Å²) in [4.78, 5) is 20.6. The lowest BCUT2D eigenvalue weighted by Crippen LogP contribution is -1.95. The first kappa shape index (κ1) is 7.53. The summed E-state index contributed by atoms with van der Waals surface area (Å²) in [6, 6.07) is 0. The maximum absolute atomic E-state index is 10.5. The smallest absolute Gasteiger partial charge is 0.336 e. The van der Waals surface area contributed by atoms with Gasteiger partial charge in [-0.3, -0.25) is 0 Å². The molecule has 0 spiro atoms. The monoisotopic (exact) mass is 154 g/mol. The molecule has 0 aliphatic carbocycles. The SMILES string of the molecule is CC1=CC(=O)O/C1=C/C(=O)O. The van der Waals surface area contributed by atoms with Crippen molar-refractivity contribution in [2.45, 2.75) is 6.92 Å². The Labute approximate surface area is 62.8 Å². The van der Waals surface area contributed by atoms with Gasteiger partial charge in [0.05, 0.1) is 6.08 Å². The molecule has 11 heavy (non-hydrogen) atoms. The fraction of sp³-hybridized carbons (Fsp3) is 0.143. The molecular weight excluding hydrogens is 148 g/mol. The predicted molar refractivity (Wildman–Crippen MR) is 35.6 cm³/mol. The summed E-state index contributed by atoms with van der Waals surface area (Å²) in [6.45, 7) is 1.61. The maximum Gasteiger partial charge on any atom is 0.336 e. The fourth-order valence-electron chi connectivity index (χ4n) is 0.722. The highest BCUT2D eigenvalue weighted by atomic mass is 16.5.